The van der Waals surface area contributed by atoms with Gasteiger partial charge in [-0.3, -0.25) is 0 Å². The van der Waals surface area contributed by atoms with E-state index in [-0.39, 0.29) is 11.5 Å². The molecule has 1 heterocycles. The molecule has 2 aromatic rings. The predicted molar refractivity (Wildman–Crippen MR) is 69.2 cm³/mol. The van der Waals surface area contributed by atoms with E-state index in [9.17, 15) is 9.90 Å². The SMILES string of the molecule is Nc1c(O)c(-c2ccoc2C(=O)O)cc2c1CCC2. The summed E-state index contributed by atoms with van der Waals surface area (Å²) in [5.41, 5.74) is 9.11. The van der Waals surface area contributed by atoms with Crippen LogP contribution in [0, 0.1) is 0 Å². The Hall–Kier alpha value is -2.43. The highest BCUT2D eigenvalue weighted by molar-refractivity contribution is 5.95. The minimum atomic E-state index is -1.17. The summed E-state index contributed by atoms with van der Waals surface area (Å²) in [4.78, 5) is 11.1. The maximum atomic E-state index is 11.1. The molecule has 0 saturated carbocycles. The fourth-order valence-corrected chi connectivity index (χ4v) is 2.66. The van der Waals surface area contributed by atoms with E-state index in [0.29, 0.717) is 16.8 Å². The molecule has 0 amide bonds. The Kier molecular flexibility index (Phi) is 2.48. The van der Waals surface area contributed by atoms with Gasteiger partial charge in [0.15, 0.2) is 0 Å². The molecule has 0 radical (unpaired) electrons. The van der Waals surface area contributed by atoms with E-state index >= 15 is 0 Å². The van der Waals surface area contributed by atoms with Crippen LogP contribution in [0.15, 0.2) is 22.8 Å². The third kappa shape index (κ3) is 1.66. The number of hydrogen-bond donors (Lipinski definition) is 3. The standard InChI is InChI=1S/C14H13NO4/c15-11-8-3-1-2-7(8)6-10(12(11)16)9-4-5-19-13(9)14(17)18/h4-6,16H,1-3,15H2,(H,17,18). The van der Waals surface area contributed by atoms with Crippen LogP contribution in [0.3, 0.4) is 0 Å². The number of furan rings is 1. The number of fused-ring (bicyclic) bond motifs is 1. The Balaban J connectivity index is 2.24. The van der Waals surface area contributed by atoms with Gasteiger partial charge < -0.3 is 20.4 Å². The molecule has 0 atom stereocenters. The van der Waals surface area contributed by atoms with Crippen molar-refractivity contribution in [2.24, 2.45) is 0 Å². The van der Waals surface area contributed by atoms with E-state index in [4.69, 9.17) is 15.3 Å². The van der Waals surface area contributed by atoms with Crippen molar-refractivity contribution in [1.82, 2.24) is 0 Å². The minimum Gasteiger partial charge on any atom is -0.505 e. The molecule has 5 nitrogen and oxygen atoms in total. The zero-order valence-electron chi connectivity index (χ0n) is 10.1. The van der Waals surface area contributed by atoms with Crippen LogP contribution in [0.1, 0.15) is 28.1 Å². The maximum Gasteiger partial charge on any atom is 0.372 e. The Labute approximate surface area is 109 Å². The molecule has 19 heavy (non-hydrogen) atoms. The summed E-state index contributed by atoms with van der Waals surface area (Å²) in [5.74, 6) is -1.42. The van der Waals surface area contributed by atoms with Crippen LogP contribution in [-0.4, -0.2) is 16.2 Å². The Morgan fingerprint density at radius 3 is 2.84 bits per heavy atom. The number of aryl methyl sites for hydroxylation is 1. The Morgan fingerprint density at radius 1 is 1.32 bits per heavy atom. The number of anilines is 1. The van der Waals surface area contributed by atoms with Crippen LogP contribution >= 0.6 is 0 Å². The number of carboxylic acid groups (broad SMARTS) is 1. The lowest BCUT2D eigenvalue weighted by Crippen LogP contribution is -1.99. The molecule has 0 spiro atoms. The van der Waals surface area contributed by atoms with E-state index in [1.165, 1.54) is 12.3 Å². The zero-order chi connectivity index (χ0) is 13.6. The average molecular weight is 259 g/mol. The van der Waals surface area contributed by atoms with E-state index in [2.05, 4.69) is 0 Å². The number of phenolic OH excluding ortho intramolecular Hbond substituents is 1. The van der Waals surface area contributed by atoms with Gasteiger partial charge in [-0.05, 0) is 42.5 Å². The van der Waals surface area contributed by atoms with Crippen molar-refractivity contribution in [2.75, 3.05) is 5.73 Å². The Bertz CT molecular complexity index is 672. The highest BCUT2D eigenvalue weighted by atomic mass is 16.4. The van der Waals surface area contributed by atoms with Crippen LogP contribution in [0.4, 0.5) is 5.69 Å². The molecule has 1 aliphatic carbocycles. The molecule has 0 bridgehead atoms. The maximum absolute atomic E-state index is 11.1. The van der Waals surface area contributed by atoms with Crippen LogP contribution in [0.2, 0.25) is 0 Å². The molecule has 1 aliphatic rings. The van der Waals surface area contributed by atoms with Crippen LogP contribution in [0.5, 0.6) is 5.75 Å². The molecule has 3 rings (SSSR count). The molecule has 1 aromatic carbocycles. The number of benzene rings is 1. The second-order valence-corrected chi connectivity index (χ2v) is 4.65. The summed E-state index contributed by atoms with van der Waals surface area (Å²) in [6.45, 7) is 0. The highest BCUT2D eigenvalue weighted by Gasteiger charge is 2.24. The van der Waals surface area contributed by atoms with Gasteiger partial charge in [0.2, 0.25) is 5.76 Å². The molecule has 0 fully saturated rings. The van der Waals surface area contributed by atoms with Gasteiger partial charge in [0, 0.05) is 11.1 Å². The molecule has 4 N–H and O–H groups in total. The number of aromatic hydroxyl groups is 1. The normalized spacial score (nSPS) is 13.5. The van der Waals surface area contributed by atoms with Gasteiger partial charge in [0.25, 0.3) is 0 Å². The van der Waals surface area contributed by atoms with Crippen molar-refractivity contribution < 1.29 is 19.4 Å². The van der Waals surface area contributed by atoms with Gasteiger partial charge >= 0.3 is 5.97 Å². The molecular weight excluding hydrogens is 246 g/mol. The van der Waals surface area contributed by atoms with E-state index in [1.54, 1.807) is 0 Å². The summed E-state index contributed by atoms with van der Waals surface area (Å²) in [6, 6.07) is 3.34. The Morgan fingerprint density at radius 2 is 2.11 bits per heavy atom. The topological polar surface area (TPSA) is 96.7 Å². The lowest BCUT2D eigenvalue weighted by Gasteiger charge is -2.11. The van der Waals surface area contributed by atoms with Gasteiger partial charge in [-0.15, -0.1) is 0 Å². The van der Waals surface area contributed by atoms with Crippen molar-refractivity contribution in [2.45, 2.75) is 19.3 Å². The average Bonchev–Trinajstić information content (AvgIpc) is 3.01. The minimum absolute atomic E-state index is 0.0652. The number of carbonyl (C=O) groups is 1. The number of phenols is 1. The largest absolute Gasteiger partial charge is 0.505 e. The summed E-state index contributed by atoms with van der Waals surface area (Å²) in [7, 11) is 0. The lowest BCUT2D eigenvalue weighted by atomic mass is 9.97. The molecule has 0 saturated heterocycles. The molecule has 5 heteroatoms. The van der Waals surface area contributed by atoms with Gasteiger partial charge in [-0.25, -0.2) is 4.79 Å². The lowest BCUT2D eigenvalue weighted by molar-refractivity contribution is 0.0663. The molecular formula is C14H13NO4. The van der Waals surface area contributed by atoms with Crippen molar-refractivity contribution in [1.29, 1.82) is 0 Å². The fourth-order valence-electron chi connectivity index (χ4n) is 2.66. The van der Waals surface area contributed by atoms with Crippen LogP contribution in [0.25, 0.3) is 11.1 Å². The van der Waals surface area contributed by atoms with Gasteiger partial charge in [0.1, 0.15) is 5.75 Å². The van der Waals surface area contributed by atoms with E-state index in [0.717, 1.165) is 30.4 Å². The van der Waals surface area contributed by atoms with Gasteiger partial charge in [-0.1, -0.05) is 0 Å². The third-order valence-electron chi connectivity index (χ3n) is 3.56. The predicted octanol–water partition coefficient (Wildman–Crippen LogP) is 2.42. The first-order chi connectivity index (χ1) is 9.09. The third-order valence-corrected chi connectivity index (χ3v) is 3.56. The summed E-state index contributed by atoms with van der Waals surface area (Å²) in [5, 5.41) is 19.2. The number of carboxylic acids is 1. The van der Waals surface area contributed by atoms with Crippen LogP contribution < -0.4 is 5.73 Å². The highest BCUT2D eigenvalue weighted by Crippen LogP contribution is 2.42. The quantitative estimate of drug-likeness (QED) is 0.568. The van der Waals surface area contributed by atoms with Crippen molar-refractivity contribution in [3.05, 3.63) is 35.3 Å². The first-order valence-electron chi connectivity index (χ1n) is 6.04. The fraction of sp³-hybridized carbons (Fsp3) is 0.214. The first kappa shape index (κ1) is 11.6. The monoisotopic (exact) mass is 259 g/mol. The summed E-state index contributed by atoms with van der Waals surface area (Å²) >= 11 is 0. The van der Waals surface area contributed by atoms with Crippen molar-refractivity contribution in [3.63, 3.8) is 0 Å². The smallest absolute Gasteiger partial charge is 0.372 e. The van der Waals surface area contributed by atoms with Crippen LogP contribution in [-0.2, 0) is 12.8 Å². The first-order valence-corrected chi connectivity index (χ1v) is 6.04. The number of aromatic carboxylic acids is 1. The second-order valence-electron chi connectivity index (χ2n) is 4.65. The van der Waals surface area contributed by atoms with Crippen molar-refractivity contribution >= 4 is 11.7 Å². The van der Waals surface area contributed by atoms with Crippen molar-refractivity contribution in [3.8, 4) is 16.9 Å². The van der Waals surface area contributed by atoms with E-state index in [1.807, 2.05) is 6.07 Å². The van der Waals surface area contributed by atoms with Gasteiger partial charge in [-0.2, -0.15) is 0 Å². The summed E-state index contributed by atoms with van der Waals surface area (Å²) in [6.07, 6.45) is 4.04. The molecule has 0 unspecified atom stereocenters. The number of hydrogen-bond acceptors (Lipinski definition) is 4. The number of rotatable bonds is 2. The number of nitrogens with two attached hydrogens (primary N) is 1. The molecule has 98 valence electrons. The van der Waals surface area contributed by atoms with Gasteiger partial charge in [0.05, 0.1) is 12.0 Å². The zero-order valence-corrected chi connectivity index (χ0v) is 10.1. The second kappa shape index (κ2) is 4.05. The molecule has 0 aliphatic heterocycles. The number of nitrogen functional groups attached to an aromatic ring is 1. The summed E-state index contributed by atoms with van der Waals surface area (Å²) < 4.78 is 4.94. The van der Waals surface area contributed by atoms with E-state index < -0.39 is 5.97 Å². The molecule has 1 aromatic heterocycles.